The van der Waals surface area contributed by atoms with Gasteiger partial charge < -0.3 is 10.6 Å². The van der Waals surface area contributed by atoms with Crippen molar-refractivity contribution in [3.8, 4) is 0 Å². The van der Waals surface area contributed by atoms with E-state index in [4.69, 9.17) is 0 Å². The maximum Gasteiger partial charge on any atom is 0.00767 e. The Balaban J connectivity index is 2.24. The molecule has 0 radical (unpaired) electrons. The van der Waals surface area contributed by atoms with E-state index in [1.54, 1.807) is 0 Å². The van der Waals surface area contributed by atoms with Gasteiger partial charge >= 0.3 is 0 Å². The number of nitrogens with one attached hydrogen (secondary N) is 2. The van der Waals surface area contributed by atoms with Crippen molar-refractivity contribution >= 4 is 0 Å². The summed E-state index contributed by atoms with van der Waals surface area (Å²) in [5.74, 6) is 0. The van der Waals surface area contributed by atoms with Crippen molar-refractivity contribution in [2.45, 2.75) is 19.8 Å². The van der Waals surface area contributed by atoms with Gasteiger partial charge in [0.05, 0.1) is 0 Å². The topological polar surface area (TPSA) is 24.1 Å². The largest absolute Gasteiger partial charge is 0.318 e. The Bertz CT molecular complexity index is 271. The highest BCUT2D eigenvalue weighted by atomic mass is 14.9. The molecule has 0 unspecified atom stereocenters. The van der Waals surface area contributed by atoms with Gasteiger partial charge in [-0.25, -0.2) is 0 Å². The van der Waals surface area contributed by atoms with Gasteiger partial charge in [-0.3, -0.25) is 0 Å². The summed E-state index contributed by atoms with van der Waals surface area (Å²) in [4.78, 5) is 0. The van der Waals surface area contributed by atoms with Crippen LogP contribution in [-0.2, 0) is 12.8 Å². The SMILES string of the molecule is CCc1cccc(CCNCCNC)c1. The van der Waals surface area contributed by atoms with Crippen LogP contribution in [0.4, 0.5) is 0 Å². The molecule has 0 spiro atoms. The molecule has 1 aromatic carbocycles. The first-order valence-corrected chi connectivity index (χ1v) is 5.80. The Labute approximate surface area is 93.1 Å². The number of hydrogen-bond donors (Lipinski definition) is 2. The van der Waals surface area contributed by atoms with Crippen molar-refractivity contribution < 1.29 is 0 Å². The lowest BCUT2D eigenvalue weighted by Gasteiger charge is -2.05. The van der Waals surface area contributed by atoms with Gasteiger partial charge in [0.15, 0.2) is 0 Å². The highest BCUT2D eigenvalue weighted by Gasteiger charge is 1.94. The van der Waals surface area contributed by atoms with Crippen molar-refractivity contribution in [1.82, 2.24) is 10.6 Å². The molecule has 0 bridgehead atoms. The van der Waals surface area contributed by atoms with Crippen molar-refractivity contribution in [1.29, 1.82) is 0 Å². The predicted molar refractivity (Wildman–Crippen MR) is 66.3 cm³/mol. The third-order valence-electron chi connectivity index (χ3n) is 2.54. The zero-order chi connectivity index (χ0) is 10.9. The Morgan fingerprint density at radius 3 is 2.60 bits per heavy atom. The van der Waals surface area contributed by atoms with E-state index in [0.29, 0.717) is 0 Å². The van der Waals surface area contributed by atoms with E-state index in [1.165, 1.54) is 11.1 Å². The van der Waals surface area contributed by atoms with Gasteiger partial charge in [0.25, 0.3) is 0 Å². The van der Waals surface area contributed by atoms with Crippen LogP contribution in [0.1, 0.15) is 18.1 Å². The molecule has 0 saturated carbocycles. The van der Waals surface area contributed by atoms with E-state index >= 15 is 0 Å². The molecule has 0 fully saturated rings. The molecule has 2 heteroatoms. The van der Waals surface area contributed by atoms with Crippen molar-refractivity contribution in [3.05, 3.63) is 35.4 Å². The highest BCUT2D eigenvalue weighted by molar-refractivity contribution is 5.23. The zero-order valence-electron chi connectivity index (χ0n) is 9.84. The summed E-state index contributed by atoms with van der Waals surface area (Å²) >= 11 is 0. The third kappa shape index (κ3) is 4.96. The maximum absolute atomic E-state index is 3.41. The molecule has 0 aliphatic carbocycles. The number of rotatable bonds is 7. The summed E-state index contributed by atoms with van der Waals surface area (Å²) in [6.45, 7) is 5.35. The lowest BCUT2D eigenvalue weighted by molar-refractivity contribution is 0.649. The minimum absolute atomic E-state index is 1.04. The van der Waals surface area contributed by atoms with Gasteiger partial charge in [0, 0.05) is 13.1 Å². The minimum atomic E-state index is 1.04. The van der Waals surface area contributed by atoms with Crippen LogP contribution in [0.3, 0.4) is 0 Å². The van der Waals surface area contributed by atoms with E-state index in [9.17, 15) is 0 Å². The minimum Gasteiger partial charge on any atom is -0.318 e. The average Bonchev–Trinajstić information content (AvgIpc) is 2.29. The summed E-state index contributed by atoms with van der Waals surface area (Å²) in [6, 6.07) is 8.86. The van der Waals surface area contributed by atoms with Crippen LogP contribution in [0.5, 0.6) is 0 Å². The lowest BCUT2D eigenvalue weighted by Crippen LogP contribution is -2.26. The van der Waals surface area contributed by atoms with Gasteiger partial charge in [0.2, 0.25) is 0 Å². The molecule has 2 nitrogen and oxygen atoms in total. The third-order valence-corrected chi connectivity index (χ3v) is 2.54. The Morgan fingerprint density at radius 1 is 1.07 bits per heavy atom. The highest BCUT2D eigenvalue weighted by Crippen LogP contribution is 2.05. The molecule has 1 rings (SSSR count). The molecule has 1 aromatic rings. The quantitative estimate of drug-likeness (QED) is 0.662. The molecule has 0 aromatic heterocycles. The molecule has 0 saturated heterocycles. The normalized spacial score (nSPS) is 10.5. The summed E-state index contributed by atoms with van der Waals surface area (Å²) in [6.07, 6.45) is 2.25. The Morgan fingerprint density at radius 2 is 1.87 bits per heavy atom. The van der Waals surface area contributed by atoms with Crippen molar-refractivity contribution in [2.24, 2.45) is 0 Å². The van der Waals surface area contributed by atoms with Crippen LogP contribution >= 0.6 is 0 Å². The van der Waals surface area contributed by atoms with Crippen LogP contribution in [-0.4, -0.2) is 26.7 Å². The summed E-state index contributed by atoms with van der Waals surface area (Å²) in [5.41, 5.74) is 2.87. The van der Waals surface area contributed by atoms with E-state index in [1.807, 2.05) is 7.05 Å². The summed E-state index contributed by atoms with van der Waals surface area (Å²) < 4.78 is 0. The van der Waals surface area contributed by atoms with E-state index in [2.05, 4.69) is 41.8 Å². The molecule has 2 N–H and O–H groups in total. The second-order valence-corrected chi connectivity index (χ2v) is 3.78. The number of hydrogen-bond acceptors (Lipinski definition) is 2. The van der Waals surface area contributed by atoms with Crippen LogP contribution in [0.2, 0.25) is 0 Å². The molecular weight excluding hydrogens is 184 g/mol. The number of aryl methyl sites for hydroxylation is 1. The molecule has 15 heavy (non-hydrogen) atoms. The predicted octanol–water partition coefficient (Wildman–Crippen LogP) is 1.60. The fraction of sp³-hybridized carbons (Fsp3) is 0.538. The molecule has 0 aliphatic heterocycles. The van der Waals surface area contributed by atoms with Gasteiger partial charge in [-0.1, -0.05) is 31.2 Å². The standard InChI is InChI=1S/C13H22N2/c1-3-12-5-4-6-13(11-12)7-8-15-10-9-14-2/h4-6,11,14-15H,3,7-10H2,1-2H3. The summed E-state index contributed by atoms with van der Waals surface area (Å²) in [7, 11) is 1.98. The average molecular weight is 206 g/mol. The van der Waals surface area contributed by atoms with Crippen molar-refractivity contribution in [3.63, 3.8) is 0 Å². The van der Waals surface area contributed by atoms with Crippen LogP contribution in [0, 0.1) is 0 Å². The first kappa shape index (κ1) is 12.2. The molecular formula is C13H22N2. The fourth-order valence-electron chi connectivity index (χ4n) is 1.58. The number of benzene rings is 1. The van der Waals surface area contributed by atoms with E-state index in [-0.39, 0.29) is 0 Å². The Kier molecular flexibility index (Phi) is 6.05. The zero-order valence-corrected chi connectivity index (χ0v) is 9.84. The fourth-order valence-corrected chi connectivity index (χ4v) is 1.58. The molecule has 0 atom stereocenters. The van der Waals surface area contributed by atoms with Gasteiger partial charge in [-0.15, -0.1) is 0 Å². The van der Waals surface area contributed by atoms with Crippen LogP contribution < -0.4 is 10.6 Å². The first-order chi connectivity index (χ1) is 7.36. The molecule has 0 heterocycles. The van der Waals surface area contributed by atoms with Crippen molar-refractivity contribution in [2.75, 3.05) is 26.7 Å². The Hall–Kier alpha value is -0.860. The molecule has 84 valence electrons. The van der Waals surface area contributed by atoms with E-state index in [0.717, 1.165) is 32.5 Å². The molecule has 0 amide bonds. The van der Waals surface area contributed by atoms with Crippen LogP contribution in [0.25, 0.3) is 0 Å². The van der Waals surface area contributed by atoms with E-state index < -0.39 is 0 Å². The lowest BCUT2D eigenvalue weighted by atomic mass is 10.1. The maximum atomic E-state index is 3.41. The second kappa shape index (κ2) is 7.43. The second-order valence-electron chi connectivity index (χ2n) is 3.78. The smallest absolute Gasteiger partial charge is 0.00767 e. The number of likely N-dealkylation sites (N-methyl/N-ethyl adjacent to an activating group) is 1. The van der Waals surface area contributed by atoms with Gasteiger partial charge in [0.1, 0.15) is 0 Å². The van der Waals surface area contributed by atoms with Gasteiger partial charge in [-0.05, 0) is 37.6 Å². The molecule has 0 aliphatic rings. The monoisotopic (exact) mass is 206 g/mol. The van der Waals surface area contributed by atoms with Crippen LogP contribution in [0.15, 0.2) is 24.3 Å². The summed E-state index contributed by atoms with van der Waals surface area (Å²) in [5, 5.41) is 6.53. The van der Waals surface area contributed by atoms with Gasteiger partial charge in [-0.2, -0.15) is 0 Å². The first-order valence-electron chi connectivity index (χ1n) is 5.80.